The molecule has 16 heavy (non-hydrogen) atoms. The molecular formula is C14H18BrN. The van der Waals surface area contributed by atoms with Crippen LogP contribution in [0.3, 0.4) is 0 Å². The number of hydrogen-bond donors (Lipinski definition) is 0. The summed E-state index contributed by atoms with van der Waals surface area (Å²) in [7, 11) is 0. The highest BCUT2D eigenvalue weighted by atomic mass is 79.9. The second-order valence-electron chi connectivity index (χ2n) is 5.16. The number of hydrogen-bond acceptors (Lipinski definition) is 1. The van der Waals surface area contributed by atoms with Crippen molar-refractivity contribution < 1.29 is 0 Å². The maximum absolute atomic E-state index is 3.49. The zero-order valence-electron chi connectivity index (χ0n) is 9.53. The van der Waals surface area contributed by atoms with E-state index in [1.54, 1.807) is 0 Å². The van der Waals surface area contributed by atoms with Gasteiger partial charge in [0.25, 0.3) is 0 Å². The molecule has 1 saturated carbocycles. The molecule has 2 heteroatoms. The Balaban J connectivity index is 1.56. The maximum atomic E-state index is 3.49. The Kier molecular flexibility index (Phi) is 3.03. The van der Waals surface area contributed by atoms with E-state index >= 15 is 0 Å². The lowest BCUT2D eigenvalue weighted by Crippen LogP contribution is -2.22. The van der Waals surface area contributed by atoms with Crippen molar-refractivity contribution in [3.05, 3.63) is 34.3 Å². The van der Waals surface area contributed by atoms with Gasteiger partial charge in [0.1, 0.15) is 0 Å². The van der Waals surface area contributed by atoms with Gasteiger partial charge in [0, 0.05) is 11.0 Å². The largest absolute Gasteiger partial charge is 0.303 e. The molecule has 86 valence electrons. The number of nitrogens with zero attached hydrogens (tertiary/aromatic N) is 1. The van der Waals surface area contributed by atoms with Gasteiger partial charge in [0.2, 0.25) is 0 Å². The van der Waals surface area contributed by atoms with Crippen molar-refractivity contribution in [2.75, 3.05) is 19.6 Å². The summed E-state index contributed by atoms with van der Waals surface area (Å²) < 4.78 is 1.19. The number of rotatable bonds is 3. The van der Waals surface area contributed by atoms with E-state index < -0.39 is 0 Å². The zero-order chi connectivity index (χ0) is 11.0. The first-order valence-electron chi connectivity index (χ1n) is 6.31. The van der Waals surface area contributed by atoms with E-state index in [9.17, 15) is 0 Å². The van der Waals surface area contributed by atoms with Gasteiger partial charge < -0.3 is 4.90 Å². The predicted molar refractivity (Wildman–Crippen MR) is 70.7 cm³/mol. The van der Waals surface area contributed by atoms with Crippen LogP contribution in [0.5, 0.6) is 0 Å². The van der Waals surface area contributed by atoms with Gasteiger partial charge in [-0.1, -0.05) is 28.1 Å². The van der Waals surface area contributed by atoms with Crippen LogP contribution in [0.2, 0.25) is 0 Å². The van der Waals surface area contributed by atoms with Crippen molar-refractivity contribution in [1.82, 2.24) is 4.90 Å². The highest BCUT2D eigenvalue weighted by Gasteiger charge is 2.39. The Morgan fingerprint density at radius 3 is 2.50 bits per heavy atom. The molecule has 1 aliphatic carbocycles. The molecule has 0 bridgehead atoms. The van der Waals surface area contributed by atoms with Crippen molar-refractivity contribution in [3.63, 3.8) is 0 Å². The van der Waals surface area contributed by atoms with Crippen molar-refractivity contribution in [2.45, 2.75) is 25.2 Å². The first-order valence-corrected chi connectivity index (χ1v) is 7.10. The number of likely N-dealkylation sites (tertiary alicyclic amines) is 1. The summed E-state index contributed by atoms with van der Waals surface area (Å²) in [5, 5.41) is 0. The maximum Gasteiger partial charge on any atom is 0.0175 e. The summed E-state index contributed by atoms with van der Waals surface area (Å²) in [6.45, 7) is 4.01. The fourth-order valence-corrected chi connectivity index (χ4v) is 3.13. The van der Waals surface area contributed by atoms with Gasteiger partial charge in [-0.05, 0) is 61.9 Å². The van der Waals surface area contributed by atoms with E-state index in [4.69, 9.17) is 0 Å². The Hall–Kier alpha value is -0.340. The molecule has 2 aliphatic rings. The third-order valence-corrected chi connectivity index (χ3v) is 4.44. The molecule has 2 atom stereocenters. The quantitative estimate of drug-likeness (QED) is 0.817. The van der Waals surface area contributed by atoms with Gasteiger partial charge in [0.15, 0.2) is 0 Å². The molecule has 0 amide bonds. The molecule has 1 aromatic rings. The monoisotopic (exact) mass is 279 g/mol. The van der Waals surface area contributed by atoms with Crippen LogP contribution in [-0.2, 0) is 0 Å². The third-order valence-electron chi connectivity index (χ3n) is 3.91. The lowest BCUT2D eigenvalue weighted by atomic mass is 10.1. The minimum atomic E-state index is 0.841. The summed E-state index contributed by atoms with van der Waals surface area (Å²) in [4.78, 5) is 2.64. The molecule has 0 spiro atoms. The molecule has 0 aromatic heterocycles. The van der Waals surface area contributed by atoms with Crippen LogP contribution in [0.4, 0.5) is 0 Å². The lowest BCUT2D eigenvalue weighted by molar-refractivity contribution is 0.322. The summed E-state index contributed by atoms with van der Waals surface area (Å²) in [5.41, 5.74) is 1.53. The van der Waals surface area contributed by atoms with E-state index in [-0.39, 0.29) is 0 Å². The van der Waals surface area contributed by atoms with Gasteiger partial charge in [-0.25, -0.2) is 0 Å². The first-order chi connectivity index (χ1) is 7.83. The van der Waals surface area contributed by atoms with Crippen LogP contribution < -0.4 is 0 Å². The highest BCUT2D eigenvalue weighted by Crippen LogP contribution is 2.48. The number of benzene rings is 1. The normalized spacial score (nSPS) is 29.6. The topological polar surface area (TPSA) is 3.24 Å². The smallest absolute Gasteiger partial charge is 0.0175 e. The summed E-state index contributed by atoms with van der Waals surface area (Å²) in [6.07, 6.45) is 4.23. The fourth-order valence-electron chi connectivity index (χ4n) is 2.86. The fraction of sp³-hybridized carbons (Fsp3) is 0.571. The molecule has 2 fully saturated rings. The van der Waals surface area contributed by atoms with E-state index in [0.717, 1.165) is 11.8 Å². The molecule has 1 nitrogen and oxygen atoms in total. The molecule has 1 heterocycles. The van der Waals surface area contributed by atoms with Gasteiger partial charge in [-0.2, -0.15) is 0 Å². The zero-order valence-corrected chi connectivity index (χ0v) is 11.1. The molecule has 3 rings (SSSR count). The number of halogens is 1. The first kappa shape index (κ1) is 10.8. The average Bonchev–Trinajstić information content (AvgIpc) is 2.85. The SMILES string of the molecule is Brc1ccc([C@H]2C[C@@H]2CN2CCCC2)cc1. The second kappa shape index (κ2) is 4.50. The van der Waals surface area contributed by atoms with Crippen LogP contribution in [0.15, 0.2) is 28.7 Å². The van der Waals surface area contributed by atoms with Crippen LogP contribution in [0.1, 0.15) is 30.7 Å². The van der Waals surface area contributed by atoms with Gasteiger partial charge in [-0.3, -0.25) is 0 Å². The van der Waals surface area contributed by atoms with Crippen LogP contribution in [0, 0.1) is 5.92 Å². The van der Waals surface area contributed by atoms with Gasteiger partial charge >= 0.3 is 0 Å². The van der Waals surface area contributed by atoms with Crippen molar-refractivity contribution in [2.24, 2.45) is 5.92 Å². The Morgan fingerprint density at radius 2 is 1.81 bits per heavy atom. The average molecular weight is 280 g/mol. The van der Waals surface area contributed by atoms with Crippen molar-refractivity contribution in [1.29, 1.82) is 0 Å². The minimum absolute atomic E-state index is 0.841. The van der Waals surface area contributed by atoms with E-state index in [0.29, 0.717) is 0 Å². The Bertz CT molecular complexity index is 354. The van der Waals surface area contributed by atoms with Gasteiger partial charge in [-0.15, -0.1) is 0 Å². The molecular weight excluding hydrogens is 262 g/mol. The van der Waals surface area contributed by atoms with Crippen LogP contribution in [-0.4, -0.2) is 24.5 Å². The second-order valence-corrected chi connectivity index (χ2v) is 6.08. The van der Waals surface area contributed by atoms with Crippen molar-refractivity contribution >= 4 is 15.9 Å². The molecule has 1 saturated heterocycles. The summed E-state index contributed by atoms with van der Waals surface area (Å²) in [5.74, 6) is 1.77. The molecule has 1 aliphatic heterocycles. The summed E-state index contributed by atoms with van der Waals surface area (Å²) in [6, 6.07) is 8.89. The van der Waals surface area contributed by atoms with Gasteiger partial charge in [0.05, 0.1) is 0 Å². The van der Waals surface area contributed by atoms with E-state index in [1.807, 2.05) is 0 Å². The van der Waals surface area contributed by atoms with Crippen molar-refractivity contribution in [3.8, 4) is 0 Å². The standard InChI is InChI=1S/C14H18BrN/c15-13-5-3-11(4-6-13)14-9-12(14)10-16-7-1-2-8-16/h3-6,12,14H,1-2,7-10H2/t12-,14-/m1/s1. The van der Waals surface area contributed by atoms with Crippen LogP contribution in [0.25, 0.3) is 0 Å². The predicted octanol–water partition coefficient (Wildman–Crippen LogP) is 3.65. The third kappa shape index (κ3) is 2.33. The van der Waals surface area contributed by atoms with Crippen LogP contribution >= 0.6 is 15.9 Å². The minimum Gasteiger partial charge on any atom is -0.303 e. The molecule has 0 radical (unpaired) electrons. The van der Waals surface area contributed by atoms with E-state index in [1.165, 1.54) is 48.9 Å². The Morgan fingerprint density at radius 1 is 1.12 bits per heavy atom. The molecule has 0 N–H and O–H groups in total. The molecule has 0 unspecified atom stereocenters. The molecule has 1 aromatic carbocycles. The Labute approximate surface area is 106 Å². The summed E-state index contributed by atoms with van der Waals surface area (Å²) >= 11 is 3.49. The lowest BCUT2D eigenvalue weighted by Gasteiger charge is -2.13. The van der Waals surface area contributed by atoms with E-state index in [2.05, 4.69) is 45.1 Å². The highest BCUT2D eigenvalue weighted by molar-refractivity contribution is 9.10.